The van der Waals surface area contributed by atoms with Crippen molar-refractivity contribution in [3.63, 3.8) is 0 Å². The van der Waals surface area contributed by atoms with E-state index in [0.29, 0.717) is 25.0 Å². The van der Waals surface area contributed by atoms with Crippen LogP contribution < -0.4 is 5.32 Å². The fraction of sp³-hybridized carbons (Fsp3) is 0.429. The molecule has 5 N–H and O–H groups in total. The van der Waals surface area contributed by atoms with E-state index < -0.39 is 67.6 Å². The number of rotatable bonds is 7. The van der Waals surface area contributed by atoms with Gasteiger partial charge in [-0.2, -0.15) is 0 Å². The summed E-state index contributed by atoms with van der Waals surface area (Å²) in [7, 11) is -4.12. The lowest BCUT2D eigenvalue weighted by Crippen LogP contribution is -2.46. The number of nitrogens with one attached hydrogen (secondary N) is 2. The maximum absolute atomic E-state index is 13.8. The lowest BCUT2D eigenvalue weighted by molar-refractivity contribution is -0.0727. The molecule has 1 aromatic heterocycles. The molecule has 226 valence electrons. The molecule has 0 spiro atoms. The van der Waals surface area contributed by atoms with Crippen LogP contribution in [-0.2, 0) is 15.4 Å². The highest BCUT2D eigenvalue weighted by molar-refractivity contribution is 7.92. The zero-order valence-corrected chi connectivity index (χ0v) is 24.1. The minimum atomic E-state index is -4.12. The molecule has 2 aliphatic carbocycles. The molecule has 1 heterocycles. The molecule has 14 heteroatoms. The van der Waals surface area contributed by atoms with E-state index in [0.717, 1.165) is 6.07 Å². The molecule has 0 aliphatic heterocycles. The number of anilines is 1. The quantitative estimate of drug-likeness (QED) is 0.244. The Kier molecular flexibility index (Phi) is 7.72. The molecule has 2 aliphatic rings. The van der Waals surface area contributed by atoms with Crippen LogP contribution in [0.4, 0.5) is 18.9 Å². The minimum absolute atomic E-state index is 0.0697. The maximum atomic E-state index is 13.8. The minimum Gasteiger partial charge on any atom is -0.387 e. The van der Waals surface area contributed by atoms with Gasteiger partial charge in [0.2, 0.25) is 0 Å². The maximum Gasteiger partial charge on any atom is 0.255 e. The number of carbonyl (C=O) groups is 1. The first-order chi connectivity index (χ1) is 19.5. The van der Waals surface area contributed by atoms with Gasteiger partial charge in [-0.25, -0.2) is 26.6 Å². The number of aromatic amines is 1. The molecule has 2 fully saturated rings. The number of aliphatic hydroxyl groups excluding tert-OH is 1. The van der Waals surface area contributed by atoms with Crippen molar-refractivity contribution in [3.05, 3.63) is 76.1 Å². The second-order valence-corrected chi connectivity index (χ2v) is 14.1. The van der Waals surface area contributed by atoms with E-state index in [1.807, 2.05) is 0 Å². The van der Waals surface area contributed by atoms with E-state index in [2.05, 4.69) is 15.3 Å². The Morgan fingerprint density at radius 1 is 1.14 bits per heavy atom. The van der Waals surface area contributed by atoms with E-state index in [1.165, 1.54) is 32.2 Å². The van der Waals surface area contributed by atoms with Crippen molar-refractivity contribution in [2.75, 3.05) is 5.32 Å². The van der Waals surface area contributed by atoms with Crippen molar-refractivity contribution in [1.82, 2.24) is 9.97 Å². The number of aliphatic hydroxyl groups is 3. The average molecular weight is 628 g/mol. The lowest BCUT2D eigenvalue weighted by atomic mass is 9.74. The lowest BCUT2D eigenvalue weighted by Gasteiger charge is -2.41. The molecule has 2 saturated carbocycles. The molecule has 3 atom stereocenters. The van der Waals surface area contributed by atoms with Crippen molar-refractivity contribution < 1.29 is 41.7 Å². The third kappa shape index (κ3) is 5.21. The Bertz CT molecular complexity index is 1620. The first kappa shape index (κ1) is 30.5. The summed E-state index contributed by atoms with van der Waals surface area (Å²) in [5.41, 5.74) is -3.25. The van der Waals surface area contributed by atoms with Crippen molar-refractivity contribution in [2.24, 2.45) is 11.8 Å². The highest BCUT2D eigenvalue weighted by Gasteiger charge is 2.58. The van der Waals surface area contributed by atoms with Gasteiger partial charge in [0.1, 0.15) is 17.5 Å². The Hall–Kier alpha value is -2.97. The van der Waals surface area contributed by atoms with Crippen LogP contribution in [0.15, 0.2) is 41.4 Å². The van der Waals surface area contributed by atoms with Crippen molar-refractivity contribution in [1.29, 1.82) is 0 Å². The predicted molar refractivity (Wildman–Crippen MR) is 146 cm³/mol. The van der Waals surface area contributed by atoms with Gasteiger partial charge in [-0.15, -0.1) is 0 Å². The van der Waals surface area contributed by atoms with E-state index in [-0.39, 0.29) is 45.5 Å². The summed E-state index contributed by atoms with van der Waals surface area (Å²) in [6, 6.07) is 4.73. The number of hydrogen-bond acceptors (Lipinski definition) is 7. The van der Waals surface area contributed by atoms with Gasteiger partial charge in [-0.1, -0.05) is 11.6 Å². The molecule has 2 aromatic carbocycles. The van der Waals surface area contributed by atoms with E-state index in [4.69, 9.17) is 11.6 Å². The molecule has 9 nitrogen and oxygen atoms in total. The molecule has 1 amide bonds. The van der Waals surface area contributed by atoms with Crippen LogP contribution in [0.2, 0.25) is 5.02 Å². The predicted octanol–water partition coefficient (Wildman–Crippen LogP) is 4.39. The second kappa shape index (κ2) is 10.6. The monoisotopic (exact) mass is 627 g/mol. The van der Waals surface area contributed by atoms with Crippen molar-refractivity contribution >= 4 is 33.0 Å². The highest BCUT2D eigenvalue weighted by atomic mass is 35.5. The normalized spacial score (nSPS) is 24.9. The number of amides is 1. The standard InChI is InChI=1S/C28H29ClF3N3O6S/c1-27(2,38)24(36)21-12-33-26(35-21)28(39)14-4-5-15(28)9-17(8-14)42(40,41)22-7-13(3-6-18(22)29)25(37)34-16-10-19(30)23(32)20(31)11-16/h3,6-7,10-12,14-15,17,24,36,38-39H,4-5,8-9H2,1-2H3,(H,33,35)(H,34,37). The summed E-state index contributed by atoms with van der Waals surface area (Å²) in [6.45, 7) is 2.86. The zero-order valence-electron chi connectivity index (χ0n) is 22.5. The first-order valence-electron chi connectivity index (χ1n) is 13.2. The molecule has 2 bridgehead atoms. The van der Waals surface area contributed by atoms with Gasteiger partial charge >= 0.3 is 0 Å². The van der Waals surface area contributed by atoms with E-state index in [9.17, 15) is 41.7 Å². The van der Waals surface area contributed by atoms with Gasteiger partial charge in [-0.3, -0.25) is 4.79 Å². The van der Waals surface area contributed by atoms with Crippen LogP contribution in [0.25, 0.3) is 0 Å². The van der Waals surface area contributed by atoms with E-state index >= 15 is 0 Å². The summed E-state index contributed by atoms with van der Waals surface area (Å²) < 4.78 is 68.1. The van der Waals surface area contributed by atoms with Gasteiger partial charge in [0.15, 0.2) is 27.3 Å². The molecule has 0 radical (unpaired) electrons. The fourth-order valence-corrected chi connectivity index (χ4v) is 8.48. The summed E-state index contributed by atoms with van der Waals surface area (Å²) >= 11 is 6.27. The molecular weight excluding hydrogens is 599 g/mol. The van der Waals surface area contributed by atoms with Crippen LogP contribution in [0.3, 0.4) is 0 Å². The Morgan fingerprint density at radius 3 is 2.31 bits per heavy atom. The number of H-pyrrole nitrogens is 1. The first-order valence-corrected chi connectivity index (χ1v) is 15.1. The third-order valence-electron chi connectivity index (χ3n) is 8.32. The molecule has 3 unspecified atom stereocenters. The fourth-order valence-electron chi connectivity index (χ4n) is 6.07. The van der Waals surface area contributed by atoms with Crippen LogP contribution in [0, 0.1) is 29.3 Å². The number of imidazole rings is 1. The van der Waals surface area contributed by atoms with Gasteiger partial charge in [0.25, 0.3) is 5.91 Å². The van der Waals surface area contributed by atoms with Crippen molar-refractivity contribution in [3.8, 4) is 0 Å². The Balaban J connectivity index is 1.38. The van der Waals surface area contributed by atoms with Crippen LogP contribution in [0.1, 0.15) is 67.5 Å². The number of aromatic nitrogens is 2. The van der Waals surface area contributed by atoms with Gasteiger partial charge in [0.05, 0.1) is 32.7 Å². The summed E-state index contributed by atoms with van der Waals surface area (Å²) in [5, 5.41) is 33.5. The topological polar surface area (TPSA) is 153 Å². The zero-order chi connectivity index (χ0) is 30.8. The number of benzene rings is 2. The number of nitrogens with zero attached hydrogens (tertiary/aromatic N) is 1. The third-order valence-corrected chi connectivity index (χ3v) is 11.0. The summed E-state index contributed by atoms with van der Waals surface area (Å²) in [5.74, 6) is -6.40. The largest absolute Gasteiger partial charge is 0.387 e. The van der Waals surface area contributed by atoms with E-state index in [1.54, 1.807) is 0 Å². The smallest absolute Gasteiger partial charge is 0.255 e. The highest BCUT2D eigenvalue weighted by Crippen LogP contribution is 2.56. The number of sulfone groups is 1. The van der Waals surface area contributed by atoms with Gasteiger partial charge in [0, 0.05) is 23.4 Å². The van der Waals surface area contributed by atoms with Crippen LogP contribution >= 0.6 is 11.6 Å². The molecule has 0 saturated heterocycles. The number of halogens is 4. The summed E-state index contributed by atoms with van der Waals surface area (Å²) in [4.78, 5) is 19.7. The van der Waals surface area contributed by atoms with Gasteiger partial charge in [-0.05, 0) is 69.6 Å². The summed E-state index contributed by atoms with van der Waals surface area (Å²) in [6.07, 6.45) is 1.24. The molecular formula is C28H29ClF3N3O6S. The molecule has 3 aromatic rings. The number of hydrogen-bond donors (Lipinski definition) is 5. The number of fused-ring (bicyclic) bond motifs is 2. The Morgan fingerprint density at radius 2 is 1.74 bits per heavy atom. The van der Waals surface area contributed by atoms with Crippen LogP contribution in [0.5, 0.6) is 0 Å². The number of carbonyl (C=O) groups excluding carboxylic acids is 1. The average Bonchev–Trinajstić information content (AvgIpc) is 3.44. The van der Waals surface area contributed by atoms with Gasteiger partial charge < -0.3 is 25.6 Å². The molecule has 5 rings (SSSR count). The Labute approximate surface area is 244 Å². The second-order valence-electron chi connectivity index (χ2n) is 11.5. The SMILES string of the molecule is CC(C)(O)C(O)c1cnc(C2(O)C3CCC2CC(S(=O)(=O)c2cc(C(=O)Nc4cc(F)c(F)c(F)c4)ccc2Cl)C3)[nH]1. The molecule has 42 heavy (non-hydrogen) atoms. The van der Waals surface area contributed by atoms with Crippen LogP contribution in [-0.4, -0.2) is 50.5 Å². The van der Waals surface area contributed by atoms with Crippen molar-refractivity contribution in [2.45, 2.75) is 67.0 Å².